The Morgan fingerprint density at radius 1 is 0.857 bits per heavy atom. The lowest BCUT2D eigenvalue weighted by Gasteiger charge is -2.29. The smallest absolute Gasteiger partial charge is 0.252 e. The predicted octanol–water partition coefficient (Wildman–Crippen LogP) is 3.82. The van der Waals surface area contributed by atoms with E-state index in [0.717, 1.165) is 22.3 Å². The van der Waals surface area contributed by atoms with Crippen LogP contribution in [0.25, 0.3) is 0 Å². The number of carbonyl (C=O) groups excluding carboxylic acids is 1. The van der Waals surface area contributed by atoms with Crippen LogP contribution in [0.4, 0.5) is 0 Å². The van der Waals surface area contributed by atoms with Crippen LogP contribution in [0.5, 0.6) is 0 Å². The van der Waals surface area contributed by atoms with E-state index in [2.05, 4.69) is 17.4 Å². The summed E-state index contributed by atoms with van der Waals surface area (Å²) < 4.78 is 6.36. The van der Waals surface area contributed by atoms with Gasteiger partial charge in [-0.1, -0.05) is 72.8 Å². The molecule has 138 valence electrons. The van der Waals surface area contributed by atoms with E-state index in [0.29, 0.717) is 18.9 Å². The summed E-state index contributed by atoms with van der Waals surface area (Å²) in [6, 6.07) is 27.8. The van der Waals surface area contributed by atoms with Gasteiger partial charge in [0.15, 0.2) is 11.6 Å². The van der Waals surface area contributed by atoms with Crippen LogP contribution < -0.4 is 5.32 Å². The Hall–Kier alpha value is -3.40. The van der Waals surface area contributed by atoms with Crippen molar-refractivity contribution in [2.24, 2.45) is 4.99 Å². The number of nitrogens with one attached hydrogen (secondary N) is 1. The van der Waals surface area contributed by atoms with Gasteiger partial charge in [0.25, 0.3) is 5.91 Å². The van der Waals surface area contributed by atoms with Crippen LogP contribution >= 0.6 is 0 Å². The predicted molar refractivity (Wildman–Crippen MR) is 108 cm³/mol. The Bertz CT molecular complexity index is 1050. The van der Waals surface area contributed by atoms with Crippen LogP contribution in [0.2, 0.25) is 0 Å². The molecule has 0 unspecified atom stereocenters. The normalized spacial score (nSPS) is 23.4. The Balaban J connectivity index is 1.67. The van der Waals surface area contributed by atoms with Crippen LogP contribution in [0, 0.1) is 0 Å². The monoisotopic (exact) mass is 368 g/mol. The third-order valence-electron chi connectivity index (χ3n) is 5.50. The highest BCUT2D eigenvalue weighted by Gasteiger charge is 2.54. The van der Waals surface area contributed by atoms with E-state index in [1.807, 2.05) is 72.8 Å². The first-order valence-electron chi connectivity index (χ1n) is 9.48. The molecule has 0 radical (unpaired) electrons. The van der Waals surface area contributed by atoms with Crippen molar-refractivity contribution in [3.05, 3.63) is 107 Å². The van der Waals surface area contributed by atoms with Gasteiger partial charge < -0.3 is 10.1 Å². The molecule has 4 nitrogen and oxygen atoms in total. The largest absolute Gasteiger partial charge is 0.466 e. The molecule has 1 spiro atoms. The van der Waals surface area contributed by atoms with E-state index in [1.165, 1.54) is 0 Å². The average Bonchev–Trinajstić information content (AvgIpc) is 3.08. The number of amides is 1. The van der Waals surface area contributed by atoms with Crippen molar-refractivity contribution in [2.75, 3.05) is 0 Å². The molecule has 0 saturated heterocycles. The van der Waals surface area contributed by atoms with Gasteiger partial charge in [-0.05, 0) is 28.8 Å². The maximum absolute atomic E-state index is 13.4. The Kier molecular flexibility index (Phi) is 3.97. The molecule has 2 heterocycles. The van der Waals surface area contributed by atoms with Gasteiger partial charge in [-0.25, -0.2) is 4.99 Å². The van der Waals surface area contributed by atoms with Gasteiger partial charge in [0.1, 0.15) is 0 Å². The topological polar surface area (TPSA) is 50.7 Å². The van der Waals surface area contributed by atoms with Gasteiger partial charge in [0.2, 0.25) is 5.90 Å². The quantitative estimate of drug-likeness (QED) is 0.748. The van der Waals surface area contributed by atoms with Crippen molar-refractivity contribution in [3.8, 4) is 0 Å². The Labute approximate surface area is 163 Å². The molecular weight excluding hydrogens is 348 g/mol. The fourth-order valence-corrected chi connectivity index (χ4v) is 4.06. The van der Waals surface area contributed by atoms with Gasteiger partial charge in [-0.3, -0.25) is 4.79 Å². The van der Waals surface area contributed by atoms with Crippen molar-refractivity contribution < 1.29 is 9.53 Å². The highest BCUT2D eigenvalue weighted by Crippen LogP contribution is 2.43. The van der Waals surface area contributed by atoms with Crippen LogP contribution in [-0.2, 0) is 22.5 Å². The molecule has 3 aromatic rings. The number of ether oxygens (including phenoxy) is 1. The lowest BCUT2D eigenvalue weighted by molar-refractivity contribution is -0.128. The minimum Gasteiger partial charge on any atom is -0.466 e. The number of hydrogen-bond acceptors (Lipinski definition) is 3. The summed E-state index contributed by atoms with van der Waals surface area (Å²) in [4.78, 5) is 18.3. The minimum absolute atomic E-state index is 0.0940. The van der Waals surface area contributed by atoms with Gasteiger partial charge in [0, 0.05) is 18.5 Å². The van der Waals surface area contributed by atoms with E-state index in [-0.39, 0.29) is 5.91 Å². The summed E-state index contributed by atoms with van der Waals surface area (Å²) in [6.45, 7) is 0.508. The van der Waals surface area contributed by atoms with Crippen molar-refractivity contribution in [1.29, 1.82) is 0 Å². The second kappa shape index (κ2) is 6.64. The molecule has 2 aliphatic heterocycles. The first kappa shape index (κ1) is 16.8. The molecule has 0 saturated carbocycles. The summed E-state index contributed by atoms with van der Waals surface area (Å²) in [5.74, 6) is 0.424. The van der Waals surface area contributed by atoms with Crippen LogP contribution in [0.1, 0.15) is 28.4 Å². The Morgan fingerprint density at radius 2 is 1.50 bits per heavy atom. The zero-order valence-corrected chi connectivity index (χ0v) is 15.3. The van der Waals surface area contributed by atoms with Crippen LogP contribution in [0.3, 0.4) is 0 Å². The zero-order valence-electron chi connectivity index (χ0n) is 15.3. The number of carbonyl (C=O) groups is 1. The lowest BCUT2D eigenvalue weighted by atomic mass is 9.82. The van der Waals surface area contributed by atoms with E-state index >= 15 is 0 Å². The first-order chi connectivity index (χ1) is 13.8. The summed E-state index contributed by atoms with van der Waals surface area (Å²) in [5.41, 5.74) is 3.06. The van der Waals surface area contributed by atoms with Crippen LogP contribution in [-0.4, -0.2) is 17.3 Å². The average molecular weight is 368 g/mol. The molecule has 28 heavy (non-hydrogen) atoms. The molecular formula is C24H20N2O2. The van der Waals surface area contributed by atoms with Gasteiger partial charge >= 0.3 is 0 Å². The number of fused-ring (bicyclic) bond motifs is 1. The maximum atomic E-state index is 13.4. The maximum Gasteiger partial charge on any atom is 0.252 e. The number of aliphatic imine (C=N–C) groups is 1. The lowest BCUT2D eigenvalue weighted by Crippen LogP contribution is -2.48. The number of rotatable bonds is 2. The third kappa shape index (κ3) is 2.69. The molecule has 0 fully saturated rings. The molecule has 2 atom stereocenters. The number of hydrogen-bond donors (Lipinski definition) is 1. The molecule has 4 heteroatoms. The molecule has 0 bridgehead atoms. The zero-order chi connectivity index (χ0) is 19.0. The molecule has 1 N–H and O–H groups in total. The highest BCUT2D eigenvalue weighted by molar-refractivity contribution is 6.01. The third-order valence-corrected chi connectivity index (χ3v) is 5.50. The summed E-state index contributed by atoms with van der Waals surface area (Å²) in [5, 5.41) is 3.08. The minimum atomic E-state index is -1.03. The SMILES string of the molecule is O=C1NCc2ccccc2C[C@@]12N=C(c1ccccc1)O[C@H]2c1ccccc1. The van der Waals surface area contributed by atoms with Crippen molar-refractivity contribution in [2.45, 2.75) is 24.6 Å². The number of benzene rings is 3. The second-order valence-electron chi connectivity index (χ2n) is 7.24. The molecule has 1 amide bonds. The van der Waals surface area contributed by atoms with Gasteiger partial charge in [-0.15, -0.1) is 0 Å². The number of nitrogens with zero attached hydrogens (tertiary/aromatic N) is 1. The second-order valence-corrected chi connectivity index (χ2v) is 7.24. The summed E-state index contributed by atoms with van der Waals surface area (Å²) in [6.07, 6.45) is 0.0281. The molecule has 0 aromatic heterocycles. The van der Waals surface area contributed by atoms with E-state index in [4.69, 9.17) is 9.73 Å². The van der Waals surface area contributed by atoms with Crippen molar-refractivity contribution in [1.82, 2.24) is 5.32 Å². The fraction of sp³-hybridized carbons (Fsp3) is 0.167. The fourth-order valence-electron chi connectivity index (χ4n) is 4.06. The van der Waals surface area contributed by atoms with E-state index in [9.17, 15) is 4.79 Å². The van der Waals surface area contributed by atoms with Gasteiger partial charge in [0.05, 0.1) is 0 Å². The van der Waals surface area contributed by atoms with Crippen molar-refractivity contribution >= 4 is 11.8 Å². The summed E-state index contributed by atoms with van der Waals surface area (Å²) >= 11 is 0. The van der Waals surface area contributed by atoms with Crippen LogP contribution in [0.15, 0.2) is 89.9 Å². The molecule has 3 aromatic carbocycles. The Morgan fingerprint density at radius 3 is 2.25 bits per heavy atom. The molecule has 2 aliphatic rings. The molecule has 5 rings (SSSR count). The van der Waals surface area contributed by atoms with Crippen molar-refractivity contribution in [3.63, 3.8) is 0 Å². The molecule has 0 aliphatic carbocycles. The van der Waals surface area contributed by atoms with Gasteiger partial charge in [-0.2, -0.15) is 0 Å². The highest BCUT2D eigenvalue weighted by atomic mass is 16.5. The summed E-state index contributed by atoms with van der Waals surface area (Å²) in [7, 11) is 0. The first-order valence-corrected chi connectivity index (χ1v) is 9.48. The van der Waals surface area contributed by atoms with E-state index in [1.54, 1.807) is 0 Å². The standard InChI is InChI=1S/C24H20N2O2/c27-23-24(15-19-13-7-8-14-20(19)16-25-23)21(17-9-3-1-4-10-17)28-22(26-24)18-11-5-2-6-12-18/h1-14,21H,15-16H2,(H,25,27)/t21-,24-/m0/s1. The van der Waals surface area contributed by atoms with E-state index < -0.39 is 11.6 Å².